The molecule has 1 aliphatic rings. The van der Waals surface area contributed by atoms with E-state index in [0.717, 1.165) is 11.3 Å². The molecule has 0 saturated heterocycles. The molecular formula is C16H16IN3. The lowest BCUT2D eigenvalue weighted by atomic mass is 10.1. The number of hydrogen-bond acceptors (Lipinski definition) is 2. The number of benzene rings is 2. The molecule has 0 fully saturated rings. The fourth-order valence-corrected chi connectivity index (χ4v) is 2.15. The van der Waals surface area contributed by atoms with Gasteiger partial charge in [0.15, 0.2) is 5.70 Å². The number of quaternary nitrogens is 1. The zero-order chi connectivity index (χ0) is 13.1. The molecular weight excluding hydrogens is 361 g/mol. The summed E-state index contributed by atoms with van der Waals surface area (Å²) in [5.74, 6) is 0. The third-order valence-electron chi connectivity index (χ3n) is 3.06. The van der Waals surface area contributed by atoms with Gasteiger partial charge in [0.05, 0.1) is 7.05 Å². The van der Waals surface area contributed by atoms with E-state index >= 15 is 0 Å². The number of nitrogens with two attached hydrogens (primary N) is 1. The van der Waals surface area contributed by atoms with Gasteiger partial charge >= 0.3 is 0 Å². The summed E-state index contributed by atoms with van der Waals surface area (Å²) in [7, 11) is 1.96. The van der Waals surface area contributed by atoms with E-state index < -0.39 is 0 Å². The third-order valence-corrected chi connectivity index (χ3v) is 3.06. The Labute approximate surface area is 136 Å². The van der Waals surface area contributed by atoms with E-state index in [1.54, 1.807) is 0 Å². The standard InChI is InChI=1S/C16H15N3.HI/c1-19-17-15(13-8-4-2-5-9-13)12-16(18-19)14-10-6-3-7-11-14;/h2-12,17H,1H3;1H. The van der Waals surface area contributed by atoms with Crippen molar-refractivity contribution in [2.45, 2.75) is 0 Å². The number of halogens is 1. The van der Waals surface area contributed by atoms with Crippen LogP contribution in [-0.4, -0.2) is 17.9 Å². The minimum absolute atomic E-state index is 0. The number of allylic oxidation sites excluding steroid dienone is 1. The normalized spacial score (nSPS) is 14.2. The third kappa shape index (κ3) is 3.26. The Morgan fingerprint density at radius 1 is 0.850 bits per heavy atom. The first-order valence-electron chi connectivity index (χ1n) is 6.32. The lowest BCUT2D eigenvalue weighted by molar-refractivity contribution is -0.728. The summed E-state index contributed by atoms with van der Waals surface area (Å²) in [6.07, 6.45) is 2.13. The predicted octanol–water partition coefficient (Wildman–Crippen LogP) is -1.14. The van der Waals surface area contributed by atoms with Crippen LogP contribution >= 0.6 is 0 Å². The molecule has 0 aromatic heterocycles. The highest BCUT2D eigenvalue weighted by molar-refractivity contribution is 6.11. The summed E-state index contributed by atoms with van der Waals surface area (Å²) >= 11 is 0. The van der Waals surface area contributed by atoms with Gasteiger partial charge in [-0.05, 0) is 12.1 Å². The molecule has 2 N–H and O–H groups in total. The highest BCUT2D eigenvalue weighted by Crippen LogP contribution is 2.12. The summed E-state index contributed by atoms with van der Waals surface area (Å²) in [4.78, 5) is 0. The fourth-order valence-electron chi connectivity index (χ4n) is 2.15. The van der Waals surface area contributed by atoms with Crippen molar-refractivity contribution in [2.24, 2.45) is 5.10 Å². The molecule has 20 heavy (non-hydrogen) atoms. The Balaban J connectivity index is 0.00000147. The highest BCUT2D eigenvalue weighted by atomic mass is 127. The van der Waals surface area contributed by atoms with E-state index in [9.17, 15) is 0 Å². The van der Waals surface area contributed by atoms with E-state index in [0.29, 0.717) is 0 Å². The Hall–Kier alpha value is -1.66. The first kappa shape index (κ1) is 14.7. The lowest BCUT2D eigenvalue weighted by Gasteiger charge is -2.19. The SMILES string of the molecule is CN1N=C(c2ccccc2)C=C(c2ccccc2)[NH2+]1.[I-]. The van der Waals surface area contributed by atoms with E-state index in [4.69, 9.17) is 0 Å². The fraction of sp³-hybridized carbons (Fsp3) is 0.0625. The van der Waals surface area contributed by atoms with E-state index in [-0.39, 0.29) is 24.0 Å². The maximum absolute atomic E-state index is 4.55. The maximum atomic E-state index is 4.55. The molecule has 0 atom stereocenters. The Morgan fingerprint density at radius 2 is 1.40 bits per heavy atom. The van der Waals surface area contributed by atoms with Gasteiger partial charge in [0, 0.05) is 17.2 Å². The van der Waals surface area contributed by atoms with Gasteiger partial charge in [-0.25, -0.2) is 0 Å². The van der Waals surface area contributed by atoms with E-state index in [1.165, 1.54) is 11.3 Å². The molecule has 3 nitrogen and oxygen atoms in total. The summed E-state index contributed by atoms with van der Waals surface area (Å²) in [5.41, 5.74) is 6.55. The molecule has 0 bridgehead atoms. The summed E-state index contributed by atoms with van der Waals surface area (Å²) in [5, 5.41) is 6.41. The quantitative estimate of drug-likeness (QED) is 0.521. The molecule has 2 aromatic carbocycles. The molecule has 0 aliphatic carbocycles. The van der Waals surface area contributed by atoms with Gasteiger partial charge in [0.2, 0.25) is 0 Å². The van der Waals surface area contributed by atoms with Crippen LogP contribution in [0.5, 0.6) is 0 Å². The molecule has 3 rings (SSSR count). The van der Waals surface area contributed by atoms with Gasteiger partial charge in [-0.3, -0.25) is 0 Å². The van der Waals surface area contributed by atoms with Crippen molar-refractivity contribution in [1.82, 2.24) is 5.12 Å². The van der Waals surface area contributed by atoms with Crippen LogP contribution in [0.1, 0.15) is 11.1 Å². The largest absolute Gasteiger partial charge is 1.00 e. The predicted molar refractivity (Wildman–Crippen MR) is 77.1 cm³/mol. The average molecular weight is 377 g/mol. The van der Waals surface area contributed by atoms with Crippen LogP contribution < -0.4 is 29.4 Å². The molecule has 4 heteroatoms. The number of rotatable bonds is 2. The Bertz CT molecular complexity index is 621. The van der Waals surface area contributed by atoms with Crippen LogP contribution in [0.25, 0.3) is 5.70 Å². The minimum atomic E-state index is 0. The van der Waals surface area contributed by atoms with E-state index in [1.807, 2.05) is 41.9 Å². The monoisotopic (exact) mass is 377 g/mol. The van der Waals surface area contributed by atoms with Crippen molar-refractivity contribution >= 4 is 11.4 Å². The van der Waals surface area contributed by atoms with E-state index in [2.05, 4.69) is 47.6 Å². The second kappa shape index (κ2) is 6.67. The van der Waals surface area contributed by atoms with Crippen molar-refractivity contribution in [3.63, 3.8) is 0 Å². The number of hydrogen-bond donors (Lipinski definition) is 1. The Morgan fingerprint density at radius 3 is 2.00 bits per heavy atom. The average Bonchev–Trinajstić information content (AvgIpc) is 2.48. The smallest absolute Gasteiger partial charge is 0.164 e. The van der Waals surface area contributed by atoms with Crippen LogP contribution in [-0.2, 0) is 0 Å². The zero-order valence-electron chi connectivity index (χ0n) is 11.2. The van der Waals surface area contributed by atoms with Crippen molar-refractivity contribution in [3.8, 4) is 0 Å². The Kier molecular flexibility index (Phi) is 4.92. The van der Waals surface area contributed by atoms with Crippen molar-refractivity contribution in [1.29, 1.82) is 0 Å². The van der Waals surface area contributed by atoms with Crippen LogP contribution in [0.4, 0.5) is 0 Å². The van der Waals surface area contributed by atoms with Crippen molar-refractivity contribution in [3.05, 3.63) is 77.9 Å². The molecule has 102 valence electrons. The second-order valence-electron chi connectivity index (χ2n) is 4.52. The van der Waals surface area contributed by atoms with Gasteiger partial charge in [0.1, 0.15) is 5.71 Å². The molecule has 2 aromatic rings. The van der Waals surface area contributed by atoms with Gasteiger partial charge in [0.25, 0.3) is 0 Å². The maximum Gasteiger partial charge on any atom is 0.164 e. The molecule has 0 spiro atoms. The van der Waals surface area contributed by atoms with Gasteiger partial charge in [-0.2, -0.15) is 5.43 Å². The zero-order valence-corrected chi connectivity index (χ0v) is 13.4. The topological polar surface area (TPSA) is 32.2 Å². The van der Waals surface area contributed by atoms with Crippen LogP contribution in [0.15, 0.2) is 71.8 Å². The van der Waals surface area contributed by atoms with Gasteiger partial charge < -0.3 is 24.0 Å². The second-order valence-corrected chi connectivity index (χ2v) is 4.52. The highest BCUT2D eigenvalue weighted by Gasteiger charge is 2.16. The molecule has 0 radical (unpaired) electrons. The first-order chi connectivity index (χ1) is 9.33. The molecule has 0 saturated carbocycles. The summed E-state index contributed by atoms with van der Waals surface area (Å²) < 4.78 is 0. The van der Waals surface area contributed by atoms with Gasteiger partial charge in [-0.15, -0.1) is 10.2 Å². The van der Waals surface area contributed by atoms with Crippen LogP contribution in [0.2, 0.25) is 0 Å². The van der Waals surface area contributed by atoms with Crippen LogP contribution in [0, 0.1) is 0 Å². The first-order valence-corrected chi connectivity index (χ1v) is 6.32. The molecule has 0 unspecified atom stereocenters. The number of hydrazone groups is 1. The van der Waals surface area contributed by atoms with Crippen molar-refractivity contribution in [2.75, 3.05) is 7.05 Å². The number of nitrogens with zero attached hydrogens (tertiary/aromatic N) is 2. The van der Waals surface area contributed by atoms with Crippen molar-refractivity contribution < 1.29 is 29.4 Å². The summed E-state index contributed by atoms with van der Waals surface area (Å²) in [6.45, 7) is 0. The molecule has 0 amide bonds. The summed E-state index contributed by atoms with van der Waals surface area (Å²) in [6, 6.07) is 20.6. The lowest BCUT2D eigenvalue weighted by Crippen LogP contribution is -3.00. The van der Waals surface area contributed by atoms with Crippen LogP contribution in [0.3, 0.4) is 0 Å². The van der Waals surface area contributed by atoms with Gasteiger partial charge in [-0.1, -0.05) is 48.5 Å². The molecule has 1 aliphatic heterocycles. The molecule has 1 heterocycles. The minimum Gasteiger partial charge on any atom is -1.00 e.